The van der Waals surface area contributed by atoms with Crippen molar-refractivity contribution in [3.05, 3.63) is 49.1 Å². The molecule has 0 spiro atoms. The third-order valence-electron chi connectivity index (χ3n) is 3.00. The van der Waals surface area contributed by atoms with Crippen LogP contribution < -0.4 is 10.5 Å². The largest absolute Gasteiger partial charge is 0.326 e. The van der Waals surface area contributed by atoms with Crippen LogP contribution in [0.3, 0.4) is 0 Å². The fourth-order valence-corrected chi connectivity index (χ4v) is 4.99. The van der Waals surface area contributed by atoms with E-state index in [9.17, 15) is 8.42 Å². The van der Waals surface area contributed by atoms with Gasteiger partial charge in [0.25, 0.3) is 0 Å². The summed E-state index contributed by atoms with van der Waals surface area (Å²) in [4.78, 5) is 1.09. The lowest BCUT2D eigenvalue weighted by molar-refractivity contribution is 0.581. The van der Waals surface area contributed by atoms with Crippen molar-refractivity contribution in [2.75, 3.05) is 0 Å². The van der Waals surface area contributed by atoms with Gasteiger partial charge in [-0.1, -0.05) is 11.6 Å². The predicted molar refractivity (Wildman–Crippen MR) is 90.1 cm³/mol. The van der Waals surface area contributed by atoms with Gasteiger partial charge in [0.1, 0.15) is 0 Å². The molecule has 0 aliphatic heterocycles. The molecule has 0 fully saturated rings. The molecular formula is C13H14BrClN2O2S2. The lowest BCUT2D eigenvalue weighted by Crippen LogP contribution is -2.24. The molecule has 0 bridgehead atoms. The Balaban J connectivity index is 2.29. The highest BCUT2D eigenvalue weighted by molar-refractivity contribution is 9.10. The SMILES string of the molecule is Cc1c(CN)cc(Cl)cc1S(=O)(=O)NCc1cc(Br)cs1. The van der Waals surface area contributed by atoms with E-state index in [1.807, 2.05) is 11.4 Å². The average Bonchev–Trinajstić information content (AvgIpc) is 2.84. The average molecular weight is 410 g/mol. The minimum atomic E-state index is -3.63. The first-order valence-corrected chi connectivity index (χ1v) is 9.58. The molecule has 0 unspecified atom stereocenters. The summed E-state index contributed by atoms with van der Waals surface area (Å²) in [5, 5.41) is 2.26. The molecule has 0 atom stereocenters. The molecule has 1 aromatic heterocycles. The van der Waals surface area contributed by atoms with Crippen LogP contribution in [0.2, 0.25) is 5.02 Å². The molecular weight excluding hydrogens is 396 g/mol. The van der Waals surface area contributed by atoms with E-state index in [2.05, 4.69) is 20.7 Å². The molecule has 0 aliphatic carbocycles. The second-order valence-corrected chi connectivity index (χ2v) is 8.53. The van der Waals surface area contributed by atoms with E-state index in [1.165, 1.54) is 17.4 Å². The van der Waals surface area contributed by atoms with Gasteiger partial charge in [-0.2, -0.15) is 0 Å². The molecule has 1 aromatic carbocycles. The van der Waals surface area contributed by atoms with Gasteiger partial charge in [-0.05, 0) is 52.2 Å². The second-order valence-electron chi connectivity index (χ2n) is 4.45. The van der Waals surface area contributed by atoms with Gasteiger partial charge in [0, 0.05) is 32.8 Å². The van der Waals surface area contributed by atoms with Gasteiger partial charge >= 0.3 is 0 Å². The van der Waals surface area contributed by atoms with Crippen LogP contribution in [0.4, 0.5) is 0 Å². The molecule has 1 heterocycles. The van der Waals surface area contributed by atoms with Crippen LogP contribution in [0.15, 0.2) is 32.9 Å². The van der Waals surface area contributed by atoms with Gasteiger partial charge < -0.3 is 5.73 Å². The molecule has 0 saturated carbocycles. The van der Waals surface area contributed by atoms with E-state index in [1.54, 1.807) is 13.0 Å². The smallest absolute Gasteiger partial charge is 0.241 e. The molecule has 0 radical (unpaired) electrons. The van der Waals surface area contributed by atoms with E-state index < -0.39 is 10.0 Å². The van der Waals surface area contributed by atoms with Crippen molar-refractivity contribution < 1.29 is 8.42 Å². The number of rotatable bonds is 5. The van der Waals surface area contributed by atoms with Crippen LogP contribution in [-0.4, -0.2) is 8.42 Å². The lowest BCUT2D eigenvalue weighted by atomic mass is 10.1. The minimum Gasteiger partial charge on any atom is -0.326 e. The Labute approximate surface area is 141 Å². The van der Waals surface area contributed by atoms with Crippen molar-refractivity contribution in [3.63, 3.8) is 0 Å². The highest BCUT2D eigenvalue weighted by Gasteiger charge is 2.19. The Morgan fingerprint density at radius 3 is 2.67 bits per heavy atom. The second kappa shape index (κ2) is 6.76. The Hall–Kier alpha value is -0.440. The maximum atomic E-state index is 12.4. The standard InChI is InChI=1S/C13H14BrClN2O2S2/c1-8-9(5-16)2-11(15)4-13(8)21(18,19)17-6-12-3-10(14)7-20-12/h2-4,7,17H,5-6,16H2,1H3. The number of halogens is 2. The summed E-state index contributed by atoms with van der Waals surface area (Å²) in [5.41, 5.74) is 6.97. The third kappa shape index (κ3) is 4.06. The van der Waals surface area contributed by atoms with E-state index in [0.717, 1.165) is 14.9 Å². The fourth-order valence-electron chi connectivity index (χ4n) is 1.89. The Kier molecular flexibility index (Phi) is 5.45. The Bertz CT molecular complexity index is 760. The van der Waals surface area contributed by atoms with Gasteiger partial charge in [-0.15, -0.1) is 11.3 Å². The molecule has 114 valence electrons. The molecule has 2 aromatic rings. The van der Waals surface area contributed by atoms with Crippen molar-refractivity contribution in [3.8, 4) is 0 Å². The maximum Gasteiger partial charge on any atom is 0.241 e. The van der Waals surface area contributed by atoms with Crippen LogP contribution in [-0.2, 0) is 23.1 Å². The molecule has 21 heavy (non-hydrogen) atoms. The zero-order chi connectivity index (χ0) is 15.6. The van der Waals surface area contributed by atoms with Crippen molar-refractivity contribution in [2.45, 2.75) is 24.9 Å². The monoisotopic (exact) mass is 408 g/mol. The van der Waals surface area contributed by atoms with Gasteiger partial charge in [-0.3, -0.25) is 0 Å². The molecule has 0 amide bonds. The summed E-state index contributed by atoms with van der Waals surface area (Å²) < 4.78 is 28.4. The van der Waals surface area contributed by atoms with Crippen LogP contribution in [0, 0.1) is 6.92 Å². The maximum absolute atomic E-state index is 12.4. The number of thiophene rings is 1. The summed E-state index contributed by atoms with van der Waals surface area (Å²) in [6, 6.07) is 5.01. The zero-order valence-electron chi connectivity index (χ0n) is 11.2. The molecule has 8 heteroatoms. The first-order valence-electron chi connectivity index (χ1n) is 6.05. The Morgan fingerprint density at radius 1 is 1.38 bits per heavy atom. The van der Waals surface area contributed by atoms with Crippen molar-refractivity contribution in [2.24, 2.45) is 5.73 Å². The highest BCUT2D eigenvalue weighted by Crippen LogP contribution is 2.25. The van der Waals surface area contributed by atoms with Gasteiger partial charge in [-0.25, -0.2) is 13.1 Å². The Morgan fingerprint density at radius 2 is 2.10 bits per heavy atom. The van der Waals surface area contributed by atoms with E-state index >= 15 is 0 Å². The van der Waals surface area contributed by atoms with Crippen molar-refractivity contribution >= 4 is 48.9 Å². The predicted octanol–water partition coefficient (Wildman–Crippen LogP) is 3.41. The molecule has 4 nitrogen and oxygen atoms in total. The summed E-state index contributed by atoms with van der Waals surface area (Å²) in [6.07, 6.45) is 0. The minimum absolute atomic E-state index is 0.172. The highest BCUT2D eigenvalue weighted by atomic mass is 79.9. The van der Waals surface area contributed by atoms with E-state index in [0.29, 0.717) is 10.6 Å². The molecule has 0 aliphatic rings. The van der Waals surface area contributed by atoms with Crippen LogP contribution >= 0.6 is 38.9 Å². The number of hydrogen-bond acceptors (Lipinski definition) is 4. The van der Waals surface area contributed by atoms with Crippen LogP contribution in [0.1, 0.15) is 16.0 Å². The normalized spacial score (nSPS) is 11.8. The van der Waals surface area contributed by atoms with Crippen LogP contribution in [0.25, 0.3) is 0 Å². The van der Waals surface area contributed by atoms with E-state index in [-0.39, 0.29) is 18.0 Å². The molecule has 2 rings (SSSR count). The van der Waals surface area contributed by atoms with Gasteiger partial charge in [0.15, 0.2) is 0 Å². The van der Waals surface area contributed by atoms with Gasteiger partial charge in [0.05, 0.1) is 4.90 Å². The van der Waals surface area contributed by atoms with Gasteiger partial charge in [0.2, 0.25) is 10.0 Å². The van der Waals surface area contributed by atoms with Crippen molar-refractivity contribution in [1.29, 1.82) is 0 Å². The third-order valence-corrected chi connectivity index (χ3v) is 6.44. The number of hydrogen-bond donors (Lipinski definition) is 2. The zero-order valence-corrected chi connectivity index (χ0v) is 15.2. The first-order chi connectivity index (χ1) is 9.83. The molecule has 0 saturated heterocycles. The topological polar surface area (TPSA) is 72.2 Å². The number of benzene rings is 1. The van der Waals surface area contributed by atoms with Crippen LogP contribution in [0.5, 0.6) is 0 Å². The summed E-state index contributed by atoms with van der Waals surface area (Å²) >= 11 is 10.8. The lowest BCUT2D eigenvalue weighted by Gasteiger charge is -2.12. The number of nitrogens with one attached hydrogen (secondary N) is 1. The fraction of sp³-hybridized carbons (Fsp3) is 0.231. The molecule has 3 N–H and O–H groups in total. The van der Waals surface area contributed by atoms with E-state index in [4.69, 9.17) is 17.3 Å². The van der Waals surface area contributed by atoms with Crippen molar-refractivity contribution in [1.82, 2.24) is 4.72 Å². The number of sulfonamides is 1. The quantitative estimate of drug-likeness (QED) is 0.795. The first kappa shape index (κ1) is 16.9. The summed E-state index contributed by atoms with van der Waals surface area (Å²) in [5.74, 6) is 0. The summed E-state index contributed by atoms with van der Waals surface area (Å²) in [7, 11) is -3.63. The number of nitrogens with two attached hydrogens (primary N) is 1. The summed E-state index contributed by atoms with van der Waals surface area (Å²) in [6.45, 7) is 2.21.